The summed E-state index contributed by atoms with van der Waals surface area (Å²) in [4.78, 5) is 28.6. The molecular weight excluding hydrogens is 538 g/mol. The third kappa shape index (κ3) is 7.74. The maximum absolute atomic E-state index is 14.0. The molecule has 2 amide bonds. The van der Waals surface area contributed by atoms with Crippen LogP contribution in [0.15, 0.2) is 83.8 Å². The Morgan fingerprint density at radius 3 is 2.21 bits per heavy atom. The van der Waals surface area contributed by atoms with Crippen LogP contribution in [0.4, 0.5) is 5.69 Å². The highest BCUT2D eigenvalue weighted by atomic mass is 35.5. The lowest BCUT2D eigenvalue weighted by atomic mass is 10.1. The zero-order valence-electron chi connectivity index (χ0n) is 22.5. The van der Waals surface area contributed by atoms with Crippen LogP contribution in [0.3, 0.4) is 0 Å². The van der Waals surface area contributed by atoms with E-state index < -0.39 is 28.5 Å². The fourth-order valence-corrected chi connectivity index (χ4v) is 5.72. The van der Waals surface area contributed by atoms with Gasteiger partial charge in [0.15, 0.2) is 0 Å². The third-order valence-corrected chi connectivity index (χ3v) is 8.06. The van der Waals surface area contributed by atoms with E-state index in [0.29, 0.717) is 17.2 Å². The first-order valence-electron chi connectivity index (χ1n) is 12.6. The van der Waals surface area contributed by atoms with Crippen molar-refractivity contribution in [1.29, 1.82) is 0 Å². The van der Waals surface area contributed by atoms with Crippen LogP contribution in [0.2, 0.25) is 5.02 Å². The zero-order valence-corrected chi connectivity index (χ0v) is 24.1. The summed E-state index contributed by atoms with van der Waals surface area (Å²) in [5, 5.41) is 3.20. The van der Waals surface area contributed by atoms with Crippen LogP contribution < -0.4 is 14.4 Å². The van der Waals surface area contributed by atoms with Gasteiger partial charge in [-0.3, -0.25) is 13.9 Å². The van der Waals surface area contributed by atoms with Gasteiger partial charge in [-0.25, -0.2) is 8.42 Å². The van der Waals surface area contributed by atoms with Crippen molar-refractivity contribution in [1.82, 2.24) is 10.2 Å². The molecule has 0 aliphatic heterocycles. The molecule has 3 aromatic carbocycles. The molecule has 208 valence electrons. The van der Waals surface area contributed by atoms with Crippen molar-refractivity contribution in [3.8, 4) is 5.75 Å². The average molecular weight is 572 g/mol. The standard InChI is InChI=1S/C29H34ClN3O5S/c1-5-27(29(35)31-21(2)3)32(19-22-14-16-25(38-4)17-15-22)28(34)20-33(24-11-9-10-23(30)18-24)39(36,37)26-12-7-6-8-13-26/h6-18,21,27H,5,19-20H2,1-4H3,(H,31,35). The molecule has 1 N–H and O–H groups in total. The van der Waals surface area contributed by atoms with E-state index >= 15 is 0 Å². The topological polar surface area (TPSA) is 96.0 Å². The molecule has 0 fully saturated rings. The molecular formula is C29H34ClN3O5S. The summed E-state index contributed by atoms with van der Waals surface area (Å²) in [6.45, 7) is 5.07. The largest absolute Gasteiger partial charge is 0.497 e. The predicted molar refractivity (Wildman–Crippen MR) is 153 cm³/mol. The van der Waals surface area contributed by atoms with Crippen LogP contribution in [0.25, 0.3) is 0 Å². The van der Waals surface area contributed by atoms with Crippen LogP contribution in [0.5, 0.6) is 5.75 Å². The van der Waals surface area contributed by atoms with Crippen molar-refractivity contribution in [3.05, 3.63) is 89.4 Å². The number of methoxy groups -OCH3 is 1. The van der Waals surface area contributed by atoms with Gasteiger partial charge in [0, 0.05) is 17.6 Å². The molecule has 0 saturated heterocycles. The van der Waals surface area contributed by atoms with Gasteiger partial charge in [-0.05, 0) is 68.3 Å². The summed E-state index contributed by atoms with van der Waals surface area (Å²) in [7, 11) is -2.58. The van der Waals surface area contributed by atoms with Gasteiger partial charge in [-0.2, -0.15) is 0 Å². The van der Waals surface area contributed by atoms with Gasteiger partial charge in [0.25, 0.3) is 10.0 Å². The Bertz CT molecular complexity index is 1370. The number of ether oxygens (including phenoxy) is 1. The number of benzene rings is 3. The van der Waals surface area contributed by atoms with Crippen molar-refractivity contribution >= 4 is 39.1 Å². The zero-order chi connectivity index (χ0) is 28.6. The summed E-state index contributed by atoms with van der Waals surface area (Å²) in [5.74, 6) is -0.187. The molecule has 39 heavy (non-hydrogen) atoms. The summed E-state index contributed by atoms with van der Waals surface area (Å²) in [6, 6.07) is 20.4. The van der Waals surface area contributed by atoms with Crippen molar-refractivity contribution in [3.63, 3.8) is 0 Å². The van der Waals surface area contributed by atoms with E-state index in [1.54, 1.807) is 55.6 Å². The van der Waals surface area contributed by atoms with E-state index in [1.165, 1.54) is 23.1 Å². The van der Waals surface area contributed by atoms with Gasteiger partial charge >= 0.3 is 0 Å². The molecule has 3 rings (SSSR count). The second kappa shape index (κ2) is 13.5. The predicted octanol–water partition coefficient (Wildman–Crippen LogP) is 4.88. The second-order valence-electron chi connectivity index (χ2n) is 9.26. The van der Waals surface area contributed by atoms with Crippen molar-refractivity contribution in [2.45, 2.75) is 50.7 Å². The Kier molecular flexibility index (Phi) is 10.4. The number of amides is 2. The number of carbonyl (C=O) groups is 2. The molecule has 0 saturated carbocycles. The first kappa shape index (κ1) is 30.0. The number of anilines is 1. The molecule has 8 nitrogen and oxygen atoms in total. The van der Waals surface area contributed by atoms with Crippen molar-refractivity contribution in [2.24, 2.45) is 0 Å². The summed E-state index contributed by atoms with van der Waals surface area (Å²) in [6.07, 6.45) is 0.336. The molecule has 3 aromatic rings. The average Bonchev–Trinajstić information content (AvgIpc) is 2.91. The van der Waals surface area contributed by atoms with Gasteiger partial charge in [0.1, 0.15) is 18.3 Å². The minimum absolute atomic E-state index is 0.0315. The molecule has 10 heteroatoms. The van der Waals surface area contributed by atoms with Crippen LogP contribution in [0, 0.1) is 0 Å². The van der Waals surface area contributed by atoms with Gasteiger partial charge < -0.3 is 15.0 Å². The first-order valence-corrected chi connectivity index (χ1v) is 14.4. The molecule has 0 bridgehead atoms. The fraction of sp³-hybridized carbons (Fsp3) is 0.310. The maximum Gasteiger partial charge on any atom is 0.264 e. The summed E-state index contributed by atoms with van der Waals surface area (Å²) < 4.78 is 33.8. The number of nitrogens with zero attached hydrogens (tertiary/aromatic N) is 2. The Labute approximate surface area is 235 Å². The molecule has 0 radical (unpaired) electrons. The van der Waals surface area contributed by atoms with Gasteiger partial charge in [-0.1, -0.05) is 54.9 Å². The highest BCUT2D eigenvalue weighted by Gasteiger charge is 2.33. The lowest BCUT2D eigenvalue weighted by Gasteiger charge is -2.33. The molecule has 0 spiro atoms. The van der Waals surface area contributed by atoms with Crippen LogP contribution in [0.1, 0.15) is 32.8 Å². The van der Waals surface area contributed by atoms with E-state index in [2.05, 4.69) is 5.32 Å². The Morgan fingerprint density at radius 1 is 0.974 bits per heavy atom. The van der Waals surface area contributed by atoms with Crippen LogP contribution in [-0.2, 0) is 26.2 Å². The molecule has 0 heterocycles. The minimum Gasteiger partial charge on any atom is -0.497 e. The number of hydrogen-bond donors (Lipinski definition) is 1. The normalized spacial score (nSPS) is 12.1. The highest BCUT2D eigenvalue weighted by Crippen LogP contribution is 2.27. The quantitative estimate of drug-likeness (QED) is 0.334. The van der Waals surface area contributed by atoms with E-state index in [0.717, 1.165) is 9.87 Å². The smallest absolute Gasteiger partial charge is 0.264 e. The molecule has 0 aromatic heterocycles. The number of sulfonamides is 1. The Balaban J connectivity index is 2.04. The molecule has 0 aliphatic carbocycles. The van der Waals surface area contributed by atoms with Gasteiger partial charge in [0.2, 0.25) is 11.8 Å². The second-order valence-corrected chi connectivity index (χ2v) is 11.6. The lowest BCUT2D eigenvalue weighted by Crippen LogP contribution is -2.53. The van der Waals surface area contributed by atoms with Crippen molar-refractivity contribution in [2.75, 3.05) is 18.0 Å². The Morgan fingerprint density at radius 2 is 1.64 bits per heavy atom. The van der Waals surface area contributed by atoms with Gasteiger partial charge in [-0.15, -0.1) is 0 Å². The third-order valence-electron chi connectivity index (χ3n) is 6.04. The number of carbonyl (C=O) groups excluding carboxylic acids is 2. The van der Waals surface area contributed by atoms with Crippen LogP contribution in [-0.4, -0.2) is 50.9 Å². The number of nitrogens with one attached hydrogen (secondary N) is 1. The van der Waals surface area contributed by atoms with E-state index in [-0.39, 0.29) is 29.1 Å². The fourth-order valence-electron chi connectivity index (χ4n) is 4.11. The monoisotopic (exact) mass is 571 g/mol. The van der Waals surface area contributed by atoms with Gasteiger partial charge in [0.05, 0.1) is 17.7 Å². The van der Waals surface area contributed by atoms with Crippen LogP contribution >= 0.6 is 11.6 Å². The number of hydrogen-bond acceptors (Lipinski definition) is 5. The van der Waals surface area contributed by atoms with Crippen molar-refractivity contribution < 1.29 is 22.7 Å². The molecule has 1 atom stereocenters. The summed E-state index contributed by atoms with van der Waals surface area (Å²) >= 11 is 6.20. The highest BCUT2D eigenvalue weighted by molar-refractivity contribution is 7.92. The lowest BCUT2D eigenvalue weighted by molar-refractivity contribution is -0.140. The number of rotatable bonds is 12. The van der Waals surface area contributed by atoms with E-state index in [1.807, 2.05) is 32.9 Å². The minimum atomic E-state index is -4.14. The van der Waals surface area contributed by atoms with E-state index in [9.17, 15) is 18.0 Å². The number of halogens is 1. The van der Waals surface area contributed by atoms with E-state index in [4.69, 9.17) is 16.3 Å². The molecule has 1 unspecified atom stereocenters. The Hall–Kier alpha value is -3.56. The summed E-state index contributed by atoms with van der Waals surface area (Å²) in [5.41, 5.74) is 1.00. The first-order chi connectivity index (χ1) is 18.6. The maximum atomic E-state index is 14.0. The molecule has 0 aliphatic rings. The SMILES string of the molecule is CCC(C(=O)NC(C)C)N(Cc1ccc(OC)cc1)C(=O)CN(c1cccc(Cl)c1)S(=O)(=O)c1ccccc1.